The first-order valence-corrected chi connectivity index (χ1v) is 13.8. The first kappa shape index (κ1) is 23.1. The van der Waals surface area contributed by atoms with Gasteiger partial charge in [-0.15, -0.1) is 0 Å². The van der Waals surface area contributed by atoms with E-state index in [1.54, 1.807) is 12.1 Å². The van der Waals surface area contributed by atoms with Gasteiger partial charge in [-0.25, -0.2) is 13.9 Å². The molecular formula is C31H34FN3O2. The molecule has 2 heterocycles. The Kier molecular flexibility index (Phi) is 4.99. The molecule has 0 spiro atoms. The minimum atomic E-state index is -0.239. The highest BCUT2D eigenvalue weighted by molar-refractivity contribution is 5.66. The molecule has 2 fully saturated rings. The lowest BCUT2D eigenvalue weighted by molar-refractivity contribution is -0.148. The quantitative estimate of drug-likeness (QED) is 0.301. The van der Waals surface area contributed by atoms with Crippen LogP contribution in [-0.4, -0.2) is 26.7 Å². The summed E-state index contributed by atoms with van der Waals surface area (Å²) in [5.74, 6) is 1.45. The van der Waals surface area contributed by atoms with Gasteiger partial charge in [-0.05, 0) is 91.5 Å². The Balaban J connectivity index is 1.24. The molecule has 0 saturated heterocycles. The summed E-state index contributed by atoms with van der Waals surface area (Å²) in [6.45, 7) is 6.46. The van der Waals surface area contributed by atoms with E-state index in [1.807, 2.05) is 6.07 Å². The van der Waals surface area contributed by atoms with Crippen molar-refractivity contribution in [3.8, 4) is 11.3 Å². The van der Waals surface area contributed by atoms with Gasteiger partial charge in [0.1, 0.15) is 11.9 Å². The van der Waals surface area contributed by atoms with Gasteiger partial charge >= 0.3 is 5.97 Å². The summed E-state index contributed by atoms with van der Waals surface area (Å²) in [6, 6.07) is 8.57. The zero-order valence-electron chi connectivity index (χ0n) is 21.8. The molecule has 2 aromatic heterocycles. The molecule has 0 radical (unpaired) electrons. The highest BCUT2D eigenvalue weighted by Crippen LogP contribution is 2.64. The van der Waals surface area contributed by atoms with Crippen LogP contribution in [0.2, 0.25) is 0 Å². The number of hydrogen-bond acceptors (Lipinski definition) is 4. The van der Waals surface area contributed by atoms with Crippen molar-refractivity contribution in [3.63, 3.8) is 0 Å². The van der Waals surface area contributed by atoms with Gasteiger partial charge in [-0.3, -0.25) is 4.79 Å². The summed E-state index contributed by atoms with van der Waals surface area (Å²) in [6.07, 6.45) is 12.1. The summed E-state index contributed by atoms with van der Waals surface area (Å²) >= 11 is 0. The van der Waals surface area contributed by atoms with Crippen LogP contribution in [0.4, 0.5) is 4.39 Å². The number of esters is 1. The number of halogens is 1. The lowest BCUT2D eigenvalue weighted by atomic mass is 9.48. The fraction of sp³-hybridized carbons (Fsp3) is 0.516. The van der Waals surface area contributed by atoms with E-state index in [9.17, 15) is 9.18 Å². The van der Waals surface area contributed by atoms with Crippen molar-refractivity contribution in [3.05, 3.63) is 65.3 Å². The second kappa shape index (κ2) is 7.99. The molecular weight excluding hydrogens is 465 g/mol. The Morgan fingerprint density at radius 2 is 1.86 bits per heavy atom. The molecule has 0 amide bonds. The van der Waals surface area contributed by atoms with Gasteiger partial charge in [0.05, 0.1) is 11.4 Å². The maximum absolute atomic E-state index is 13.5. The SMILES string of the molecule is CC(=O)O[C@H]1CC[C@@]2(C)C(=CC[C@@H]3[C@@H]2CC[C@]2(C)c4c(cnc5cc(-c6ccc(F)cc6)nn45)C[C@@H]32)C1. The molecule has 4 aliphatic rings. The normalized spacial score (nSPS) is 34.2. The van der Waals surface area contributed by atoms with Crippen LogP contribution in [0, 0.1) is 29.0 Å². The molecule has 6 heteroatoms. The number of nitrogens with zero attached hydrogens (tertiary/aromatic N) is 3. The minimum Gasteiger partial charge on any atom is -0.462 e. The van der Waals surface area contributed by atoms with Crippen LogP contribution >= 0.6 is 0 Å². The lowest BCUT2D eigenvalue weighted by Crippen LogP contribution is -2.51. The van der Waals surface area contributed by atoms with Crippen molar-refractivity contribution in [2.45, 2.75) is 77.2 Å². The molecule has 192 valence electrons. The summed E-state index contributed by atoms with van der Waals surface area (Å²) < 4.78 is 21.2. The fourth-order valence-electron chi connectivity index (χ4n) is 8.68. The second-order valence-electron chi connectivity index (χ2n) is 12.3. The number of hydrogen-bond donors (Lipinski definition) is 0. The number of aromatic nitrogens is 3. The van der Waals surface area contributed by atoms with Crippen LogP contribution in [-0.2, 0) is 21.4 Å². The molecule has 6 atom stereocenters. The van der Waals surface area contributed by atoms with E-state index in [2.05, 4.69) is 30.6 Å². The largest absolute Gasteiger partial charge is 0.462 e. The number of carbonyl (C=O) groups excluding carboxylic acids is 1. The van der Waals surface area contributed by atoms with Crippen molar-refractivity contribution in [2.75, 3.05) is 0 Å². The summed E-state index contributed by atoms with van der Waals surface area (Å²) in [5, 5.41) is 5.01. The Hall–Kier alpha value is -3.02. The Morgan fingerprint density at radius 1 is 1.08 bits per heavy atom. The predicted octanol–water partition coefficient (Wildman–Crippen LogP) is 6.44. The number of fused-ring (bicyclic) bond motifs is 9. The third-order valence-electron chi connectivity index (χ3n) is 10.5. The highest BCUT2D eigenvalue weighted by atomic mass is 19.1. The van der Waals surface area contributed by atoms with Gasteiger partial charge in [0, 0.05) is 36.6 Å². The summed E-state index contributed by atoms with van der Waals surface area (Å²) in [7, 11) is 0. The van der Waals surface area contributed by atoms with Gasteiger partial charge in [-0.2, -0.15) is 5.10 Å². The van der Waals surface area contributed by atoms with Gasteiger partial charge in [0.2, 0.25) is 0 Å². The number of benzene rings is 1. The van der Waals surface area contributed by atoms with Crippen LogP contribution in [0.5, 0.6) is 0 Å². The zero-order valence-corrected chi connectivity index (χ0v) is 21.8. The topological polar surface area (TPSA) is 56.5 Å². The van der Waals surface area contributed by atoms with E-state index in [0.29, 0.717) is 17.8 Å². The van der Waals surface area contributed by atoms with Crippen LogP contribution in [0.15, 0.2) is 48.2 Å². The summed E-state index contributed by atoms with van der Waals surface area (Å²) in [4.78, 5) is 16.4. The average molecular weight is 500 g/mol. The maximum Gasteiger partial charge on any atom is 0.302 e. The van der Waals surface area contributed by atoms with Crippen LogP contribution in [0.25, 0.3) is 16.9 Å². The van der Waals surface area contributed by atoms with E-state index in [4.69, 9.17) is 14.8 Å². The van der Waals surface area contributed by atoms with Crippen LogP contribution in [0.3, 0.4) is 0 Å². The average Bonchev–Trinajstić information content (AvgIpc) is 3.43. The van der Waals surface area contributed by atoms with Crippen molar-refractivity contribution < 1.29 is 13.9 Å². The summed E-state index contributed by atoms with van der Waals surface area (Å²) in [5.41, 5.74) is 7.04. The molecule has 37 heavy (non-hydrogen) atoms. The van der Waals surface area contributed by atoms with E-state index in [1.165, 1.54) is 42.3 Å². The lowest BCUT2D eigenvalue weighted by Gasteiger charge is -2.57. The number of ether oxygens (including phenoxy) is 1. The van der Waals surface area contributed by atoms with Crippen LogP contribution in [0.1, 0.15) is 70.6 Å². The monoisotopic (exact) mass is 499 g/mol. The number of carbonyl (C=O) groups is 1. The van der Waals surface area contributed by atoms with Crippen molar-refractivity contribution in [1.82, 2.24) is 14.6 Å². The molecule has 7 rings (SSSR count). The number of allylic oxidation sites excluding steroid dienone is 1. The van der Waals surface area contributed by atoms with E-state index < -0.39 is 0 Å². The van der Waals surface area contributed by atoms with Gasteiger partial charge in [-0.1, -0.05) is 25.5 Å². The van der Waals surface area contributed by atoms with Gasteiger partial charge in [0.25, 0.3) is 0 Å². The first-order valence-electron chi connectivity index (χ1n) is 13.8. The first-order chi connectivity index (χ1) is 17.8. The molecule has 3 aromatic rings. The highest BCUT2D eigenvalue weighted by Gasteiger charge is 2.58. The maximum atomic E-state index is 13.5. The predicted molar refractivity (Wildman–Crippen MR) is 139 cm³/mol. The Bertz CT molecular complexity index is 1440. The standard InChI is InChI=1S/C31H34FN3O2/c1-18(36)37-23-10-12-30(2)21(15-23)6-9-24-25(30)11-13-31(3)26(24)14-20-17-33-28-16-27(34-35(28)29(20)31)19-4-7-22(32)8-5-19/h4-8,16-17,23-26H,9-15H2,1-3H3/t23-,24+,25-,26-,30-,31-/m0/s1. The third kappa shape index (κ3) is 3.37. The van der Waals surface area contributed by atoms with E-state index in [-0.39, 0.29) is 28.7 Å². The molecule has 4 aliphatic carbocycles. The molecule has 0 unspecified atom stereocenters. The van der Waals surface area contributed by atoms with Crippen molar-refractivity contribution in [1.29, 1.82) is 0 Å². The molecule has 1 aromatic carbocycles. The van der Waals surface area contributed by atoms with Crippen LogP contribution < -0.4 is 0 Å². The van der Waals surface area contributed by atoms with Crippen molar-refractivity contribution in [2.24, 2.45) is 23.2 Å². The molecule has 2 saturated carbocycles. The fourth-order valence-corrected chi connectivity index (χ4v) is 8.68. The second-order valence-corrected chi connectivity index (χ2v) is 12.3. The minimum absolute atomic E-state index is 0.0347. The number of rotatable bonds is 2. The molecule has 5 nitrogen and oxygen atoms in total. The molecule has 0 bridgehead atoms. The smallest absolute Gasteiger partial charge is 0.302 e. The van der Waals surface area contributed by atoms with E-state index in [0.717, 1.165) is 55.4 Å². The molecule has 0 aliphatic heterocycles. The Morgan fingerprint density at radius 3 is 2.65 bits per heavy atom. The molecule has 0 N–H and O–H groups in total. The Labute approximate surface area is 217 Å². The van der Waals surface area contributed by atoms with Gasteiger partial charge < -0.3 is 4.74 Å². The van der Waals surface area contributed by atoms with Gasteiger partial charge in [0.15, 0.2) is 5.65 Å². The van der Waals surface area contributed by atoms with E-state index >= 15 is 0 Å². The zero-order chi connectivity index (χ0) is 25.5. The third-order valence-corrected chi connectivity index (χ3v) is 10.5. The van der Waals surface area contributed by atoms with Crippen molar-refractivity contribution >= 4 is 11.6 Å².